The first-order valence-corrected chi connectivity index (χ1v) is 0. The largest absolute Gasteiger partial charge is 4.00 e. The molecule has 36 valence electrons. The van der Waals surface area contributed by atoms with Crippen molar-refractivity contribution in [2.24, 2.45) is 0 Å². The summed E-state index contributed by atoms with van der Waals surface area (Å²) in [5.41, 5.74) is 0. The fourth-order valence-electron chi connectivity index (χ4n) is 0. The van der Waals surface area contributed by atoms with E-state index in [1.807, 2.05) is 0 Å². The van der Waals surface area contributed by atoms with Gasteiger partial charge in [-0.3, -0.25) is 0 Å². The van der Waals surface area contributed by atoms with Crippen molar-refractivity contribution in [3.63, 3.8) is 0 Å². The zero-order valence-corrected chi connectivity index (χ0v) is 7.43. The fraction of sp³-hybridized carbons (Fsp3) is 0. The Labute approximate surface area is 69.2 Å². The van der Waals surface area contributed by atoms with Crippen molar-refractivity contribution in [1.29, 1.82) is 0 Å². The van der Waals surface area contributed by atoms with Crippen LogP contribution in [0, 0.1) is 0 Å². The summed E-state index contributed by atoms with van der Waals surface area (Å²) in [6.07, 6.45) is 0. The van der Waals surface area contributed by atoms with E-state index in [0.29, 0.717) is 0 Å². The minimum absolute atomic E-state index is 0. The van der Waals surface area contributed by atoms with Crippen molar-refractivity contribution in [1.82, 2.24) is 0 Å². The first kappa shape index (κ1) is 70.8. The molecule has 0 atom stereocenters. The van der Waals surface area contributed by atoms with Crippen molar-refractivity contribution in [3.05, 3.63) is 0 Å². The molecule has 0 saturated heterocycles. The van der Waals surface area contributed by atoms with Gasteiger partial charge in [0.15, 0.2) is 0 Å². The number of rotatable bonds is 0. The molecule has 0 saturated carbocycles. The van der Waals surface area contributed by atoms with E-state index in [-0.39, 0.29) is 69.4 Å². The van der Waals surface area contributed by atoms with Crippen molar-refractivity contribution in [2.45, 2.75) is 0 Å². The Morgan fingerprint density at radius 3 is 0.400 bits per heavy atom. The Hall–Kier alpha value is 1.80. The molecule has 0 unspecified atom stereocenters. The van der Waals surface area contributed by atoms with E-state index in [4.69, 9.17) is 0 Å². The van der Waals surface area contributed by atoms with Crippen LogP contribution in [0.2, 0.25) is 0 Å². The van der Waals surface area contributed by atoms with Crippen LogP contribution in [0.4, 0.5) is 0 Å². The molecular weight excluding hydrogens is 332 g/mol. The number of halogens is 4. The zero-order valence-electron chi connectivity index (χ0n) is 1.87. The summed E-state index contributed by atoms with van der Waals surface area (Å²) in [5, 5.41) is 0. The number of hydrogen-bond donors (Lipinski definition) is 0. The Bertz CT molecular complexity index is 3.61. The van der Waals surface area contributed by atoms with Gasteiger partial charge in [0, 0.05) is 0 Å². The van der Waals surface area contributed by atoms with Crippen LogP contribution >= 0.6 is 0 Å². The van der Waals surface area contributed by atoms with Gasteiger partial charge in [0.2, 0.25) is 0 Å². The van der Waals surface area contributed by atoms with Gasteiger partial charge in [-0.1, -0.05) is 0 Å². The van der Waals surface area contributed by atoms with Crippen molar-refractivity contribution >= 4 is 0 Å². The maximum Gasteiger partial charge on any atom is 4.00 e. The van der Waals surface area contributed by atoms with Crippen molar-refractivity contribution in [3.8, 4) is 0 Å². The second kappa shape index (κ2) is 41.3. The molecule has 0 aliphatic carbocycles. The summed E-state index contributed by atoms with van der Waals surface area (Å²) in [6.45, 7) is 0. The maximum atomic E-state index is 0. The smallest absolute Gasteiger partial charge is 1.00 e. The average Bonchev–Trinajstić information content (AvgIpc) is 0. The normalized spacial score (nSPS) is 0. The molecule has 0 radical (unpaired) electrons. The summed E-state index contributed by atoms with van der Waals surface area (Å²) >= 11 is 0. The predicted octanol–water partition coefficient (Wildman–Crippen LogP) is -12.0. The molecule has 0 spiro atoms. The first-order chi connectivity index (χ1) is 0. The third-order valence-electron chi connectivity index (χ3n) is 0. The van der Waals surface area contributed by atoms with Gasteiger partial charge in [-0.15, -0.1) is 0 Å². The van der Waals surface area contributed by atoms with E-state index in [0.717, 1.165) is 0 Å². The van der Waals surface area contributed by atoms with Crippen LogP contribution in [0.15, 0.2) is 0 Å². The molecule has 5 heteroatoms. The molecular formula is Cl4Os. The third kappa shape index (κ3) is 25.9. The van der Waals surface area contributed by atoms with Crippen molar-refractivity contribution in [2.75, 3.05) is 0 Å². The van der Waals surface area contributed by atoms with E-state index in [9.17, 15) is 0 Å². The Morgan fingerprint density at radius 1 is 0.400 bits per heavy atom. The summed E-state index contributed by atoms with van der Waals surface area (Å²) < 4.78 is 0. The second-order valence-electron chi connectivity index (χ2n) is 0. The molecule has 0 aromatic rings. The molecule has 0 aliphatic heterocycles. The standard InChI is InChI=1S/4ClH.Os/h4*1H;/q;;;;+4/p-4. The monoisotopic (exact) mass is 332 g/mol. The molecule has 0 aliphatic rings. The summed E-state index contributed by atoms with van der Waals surface area (Å²) in [5.74, 6) is 0. The van der Waals surface area contributed by atoms with Gasteiger partial charge < -0.3 is 49.6 Å². The maximum absolute atomic E-state index is 0. The van der Waals surface area contributed by atoms with Crippen LogP contribution in [-0.4, -0.2) is 0 Å². The third-order valence-corrected chi connectivity index (χ3v) is 0. The van der Waals surface area contributed by atoms with Crippen LogP contribution in [0.3, 0.4) is 0 Å². The molecule has 0 bridgehead atoms. The molecule has 0 rings (SSSR count). The van der Waals surface area contributed by atoms with Gasteiger partial charge in [0.05, 0.1) is 0 Å². The minimum Gasteiger partial charge on any atom is -1.00 e. The van der Waals surface area contributed by atoms with E-state index in [2.05, 4.69) is 0 Å². The zero-order chi connectivity index (χ0) is 0. The van der Waals surface area contributed by atoms with Crippen LogP contribution in [0.5, 0.6) is 0 Å². The topological polar surface area (TPSA) is 0 Å². The van der Waals surface area contributed by atoms with Crippen LogP contribution in [0.25, 0.3) is 0 Å². The second-order valence-corrected chi connectivity index (χ2v) is 0. The molecule has 5 heavy (non-hydrogen) atoms. The first-order valence-electron chi connectivity index (χ1n) is 0. The van der Waals surface area contributed by atoms with E-state index < -0.39 is 0 Å². The van der Waals surface area contributed by atoms with Crippen LogP contribution in [-0.2, 0) is 19.8 Å². The summed E-state index contributed by atoms with van der Waals surface area (Å²) in [7, 11) is 0. The van der Waals surface area contributed by atoms with Gasteiger partial charge in [-0.25, -0.2) is 0 Å². The quantitative estimate of drug-likeness (QED) is 0.413. The average molecular weight is 332 g/mol. The molecule has 0 N–H and O–H groups in total. The van der Waals surface area contributed by atoms with Crippen LogP contribution in [0.1, 0.15) is 0 Å². The fourth-order valence-corrected chi connectivity index (χ4v) is 0. The Balaban J connectivity index is 0. The SMILES string of the molecule is [Cl-].[Cl-].[Cl-].[Cl-].[Os+4]. The van der Waals surface area contributed by atoms with Crippen LogP contribution < -0.4 is 49.6 Å². The molecule has 0 nitrogen and oxygen atoms in total. The summed E-state index contributed by atoms with van der Waals surface area (Å²) in [4.78, 5) is 0. The Kier molecular flexibility index (Phi) is 585. The van der Waals surface area contributed by atoms with Gasteiger partial charge in [0.25, 0.3) is 0 Å². The Morgan fingerprint density at radius 2 is 0.400 bits per heavy atom. The minimum atomic E-state index is 0. The van der Waals surface area contributed by atoms with Gasteiger partial charge >= 0.3 is 19.8 Å². The molecule has 0 aromatic carbocycles. The summed E-state index contributed by atoms with van der Waals surface area (Å²) in [6, 6.07) is 0. The number of hydrogen-bond acceptors (Lipinski definition) is 0. The van der Waals surface area contributed by atoms with E-state index >= 15 is 0 Å². The molecule has 0 aromatic heterocycles. The predicted molar refractivity (Wildman–Crippen MR) is 0 cm³/mol. The molecule has 0 heterocycles. The van der Waals surface area contributed by atoms with E-state index in [1.54, 1.807) is 0 Å². The molecule has 0 fully saturated rings. The van der Waals surface area contributed by atoms with Gasteiger partial charge in [-0.05, 0) is 0 Å². The van der Waals surface area contributed by atoms with E-state index in [1.165, 1.54) is 0 Å². The van der Waals surface area contributed by atoms with Gasteiger partial charge in [0.1, 0.15) is 0 Å². The molecule has 0 amide bonds. The van der Waals surface area contributed by atoms with Crippen molar-refractivity contribution < 1.29 is 69.4 Å². The van der Waals surface area contributed by atoms with Gasteiger partial charge in [-0.2, -0.15) is 0 Å².